The minimum Gasteiger partial charge on any atom is -0.388 e. The number of nitrogens with zero attached hydrogens (tertiary/aromatic N) is 2. The van der Waals surface area contributed by atoms with Crippen molar-refractivity contribution in [3.8, 4) is 0 Å². The number of carbonyl (C=O) groups is 1. The van der Waals surface area contributed by atoms with Crippen LogP contribution in [0.1, 0.15) is 62.1 Å². The maximum Gasteiger partial charge on any atom is 0.210 e. The summed E-state index contributed by atoms with van der Waals surface area (Å²) in [5.41, 5.74) is 4.10. The summed E-state index contributed by atoms with van der Waals surface area (Å²) in [7, 11) is 1.96. The Morgan fingerprint density at radius 3 is 2.33 bits per heavy atom. The largest absolute Gasteiger partial charge is 0.388 e. The summed E-state index contributed by atoms with van der Waals surface area (Å²) in [6.45, 7) is 5.38. The molecule has 1 aliphatic heterocycles. The number of hydrogen-bond donors (Lipinski definition) is 1. The van der Waals surface area contributed by atoms with E-state index in [0.717, 1.165) is 17.9 Å². The molecule has 0 atom stereocenters. The molecule has 146 valence electrons. The van der Waals surface area contributed by atoms with Gasteiger partial charge in [0.2, 0.25) is 6.41 Å². The van der Waals surface area contributed by atoms with Gasteiger partial charge in [0.15, 0.2) is 0 Å². The average Bonchev–Trinajstić information content (AvgIpc) is 3.13. The summed E-state index contributed by atoms with van der Waals surface area (Å²) in [4.78, 5) is 15.6. The number of rotatable bonds is 7. The quantitative estimate of drug-likeness (QED) is 0.688. The summed E-state index contributed by atoms with van der Waals surface area (Å²) in [5.74, 6) is 0.433. The Morgan fingerprint density at radius 1 is 1.15 bits per heavy atom. The highest BCUT2D eigenvalue weighted by molar-refractivity contribution is 5.50. The van der Waals surface area contributed by atoms with Crippen LogP contribution in [-0.4, -0.2) is 23.3 Å². The first-order valence-electron chi connectivity index (χ1n) is 9.71. The first-order chi connectivity index (χ1) is 13.1. The summed E-state index contributed by atoms with van der Waals surface area (Å²) in [6, 6.07) is 8.88. The van der Waals surface area contributed by atoms with Gasteiger partial charge in [-0.15, -0.1) is 0 Å². The number of carbonyl (C=O) groups excluding carboxylic acids is 1. The Labute approximate surface area is 161 Å². The number of hydrogen-bond acceptors (Lipinski definition) is 3. The topological polar surface area (TPSA) is 45.2 Å². The van der Waals surface area contributed by atoms with Crippen LogP contribution in [0.15, 0.2) is 36.7 Å². The van der Waals surface area contributed by atoms with Gasteiger partial charge in [-0.2, -0.15) is 0 Å². The van der Waals surface area contributed by atoms with Crippen LogP contribution in [0.2, 0.25) is 0 Å². The molecule has 1 aromatic heterocycles. The smallest absolute Gasteiger partial charge is 0.210 e. The zero-order valence-electron chi connectivity index (χ0n) is 16.5. The molecule has 0 fully saturated rings. The Morgan fingerprint density at radius 2 is 1.81 bits per heavy atom. The van der Waals surface area contributed by atoms with Crippen LogP contribution in [0.4, 0.5) is 10.1 Å². The van der Waals surface area contributed by atoms with Crippen molar-refractivity contribution in [2.24, 2.45) is 0 Å². The molecule has 2 aromatic rings. The molecule has 4 nitrogen and oxygen atoms in total. The van der Waals surface area contributed by atoms with Crippen molar-refractivity contribution in [1.82, 2.24) is 9.88 Å². The molecular weight excluding hydrogens is 341 g/mol. The van der Waals surface area contributed by atoms with E-state index < -0.39 is 0 Å². The van der Waals surface area contributed by atoms with Crippen LogP contribution in [0.3, 0.4) is 0 Å². The van der Waals surface area contributed by atoms with Crippen molar-refractivity contribution in [3.63, 3.8) is 0 Å². The van der Waals surface area contributed by atoms with E-state index >= 15 is 0 Å². The average molecular weight is 372 g/mol. The Balaban J connectivity index is 0.000000198. The number of fused-ring (bicyclic) bond motifs is 1. The predicted octanol–water partition coefficient (Wildman–Crippen LogP) is 5.10. The van der Waals surface area contributed by atoms with E-state index in [1.54, 1.807) is 6.20 Å². The highest BCUT2D eigenvalue weighted by atomic mass is 19.1. The van der Waals surface area contributed by atoms with Crippen LogP contribution in [0, 0.1) is 5.82 Å². The molecule has 1 amide bonds. The number of pyridine rings is 1. The lowest BCUT2D eigenvalue weighted by atomic mass is 9.90. The van der Waals surface area contributed by atoms with E-state index in [0.29, 0.717) is 18.7 Å². The van der Waals surface area contributed by atoms with Gasteiger partial charge < -0.3 is 10.2 Å². The number of anilines is 1. The van der Waals surface area contributed by atoms with E-state index in [1.807, 2.05) is 7.05 Å². The van der Waals surface area contributed by atoms with Crippen molar-refractivity contribution >= 4 is 12.1 Å². The third-order valence-corrected chi connectivity index (χ3v) is 4.92. The Hall–Kier alpha value is -2.43. The molecule has 5 heteroatoms. The zero-order valence-corrected chi connectivity index (χ0v) is 16.5. The second-order valence-electron chi connectivity index (χ2n) is 6.92. The molecule has 1 aromatic carbocycles. The third kappa shape index (κ3) is 5.78. The second-order valence-corrected chi connectivity index (χ2v) is 6.92. The SMILES string of the molecule is CCCC(CCC)c1ccc(NC)cc1.O=CN1Cc2cncc(F)c2C1. The molecule has 0 saturated heterocycles. The van der Waals surface area contributed by atoms with Gasteiger partial charge in [-0.05, 0) is 42.0 Å². The first kappa shape index (κ1) is 20.9. The van der Waals surface area contributed by atoms with E-state index in [2.05, 4.69) is 48.4 Å². The third-order valence-electron chi connectivity index (χ3n) is 4.92. The lowest BCUT2D eigenvalue weighted by Crippen LogP contribution is -2.12. The summed E-state index contributed by atoms with van der Waals surface area (Å²) < 4.78 is 13.0. The minimum atomic E-state index is -0.322. The van der Waals surface area contributed by atoms with E-state index in [-0.39, 0.29) is 5.82 Å². The predicted molar refractivity (Wildman–Crippen MR) is 108 cm³/mol. The lowest BCUT2D eigenvalue weighted by Gasteiger charge is -2.16. The van der Waals surface area contributed by atoms with Gasteiger partial charge >= 0.3 is 0 Å². The van der Waals surface area contributed by atoms with E-state index in [9.17, 15) is 9.18 Å². The highest BCUT2D eigenvalue weighted by Crippen LogP contribution is 2.27. The maximum atomic E-state index is 13.0. The van der Waals surface area contributed by atoms with Crippen LogP contribution in [0.5, 0.6) is 0 Å². The number of nitrogens with one attached hydrogen (secondary N) is 1. The molecule has 0 aliphatic carbocycles. The summed E-state index contributed by atoms with van der Waals surface area (Å²) >= 11 is 0. The summed E-state index contributed by atoms with van der Waals surface area (Å²) in [5, 5.41) is 3.16. The molecule has 1 aliphatic rings. The van der Waals surface area contributed by atoms with Crippen molar-refractivity contribution < 1.29 is 9.18 Å². The molecule has 0 bridgehead atoms. The van der Waals surface area contributed by atoms with Crippen molar-refractivity contribution in [2.45, 2.75) is 58.5 Å². The molecule has 2 heterocycles. The number of aromatic nitrogens is 1. The fourth-order valence-corrected chi connectivity index (χ4v) is 3.46. The minimum absolute atomic E-state index is 0.322. The fourth-order valence-electron chi connectivity index (χ4n) is 3.46. The van der Waals surface area contributed by atoms with Crippen LogP contribution >= 0.6 is 0 Å². The van der Waals surface area contributed by atoms with Crippen molar-refractivity contribution in [1.29, 1.82) is 0 Å². The standard InChI is InChI=1S/C14H23N.C8H7FN2O/c1-4-6-12(7-5-2)13-8-10-14(15-3)11-9-13;9-8-2-10-1-6-3-11(5-12)4-7(6)8/h8-12,15H,4-7H2,1-3H3;1-2,5H,3-4H2. The van der Waals surface area contributed by atoms with Crippen LogP contribution < -0.4 is 5.32 Å². The second kappa shape index (κ2) is 10.7. The Bertz CT molecular complexity index is 712. The van der Waals surface area contributed by atoms with Crippen LogP contribution in [0.25, 0.3) is 0 Å². The van der Waals surface area contributed by atoms with Gasteiger partial charge in [-0.1, -0.05) is 38.8 Å². The lowest BCUT2D eigenvalue weighted by molar-refractivity contribution is -0.118. The molecule has 0 radical (unpaired) electrons. The fraction of sp³-hybridized carbons (Fsp3) is 0.455. The van der Waals surface area contributed by atoms with E-state index in [1.165, 1.54) is 48.0 Å². The number of benzene rings is 1. The number of halogens is 1. The molecule has 0 saturated carbocycles. The molecule has 1 N–H and O–H groups in total. The molecule has 3 rings (SSSR count). The normalized spacial score (nSPS) is 12.4. The van der Waals surface area contributed by atoms with E-state index in [4.69, 9.17) is 0 Å². The number of amides is 1. The Kier molecular flexibility index (Phi) is 8.24. The van der Waals surface area contributed by atoms with Gasteiger partial charge in [-0.3, -0.25) is 9.78 Å². The van der Waals surface area contributed by atoms with Gasteiger partial charge in [0, 0.05) is 37.6 Å². The van der Waals surface area contributed by atoms with Crippen molar-refractivity contribution in [3.05, 3.63) is 59.2 Å². The molecule has 0 unspecified atom stereocenters. The first-order valence-corrected chi connectivity index (χ1v) is 9.71. The monoisotopic (exact) mass is 371 g/mol. The highest BCUT2D eigenvalue weighted by Gasteiger charge is 2.20. The van der Waals surface area contributed by atoms with Gasteiger partial charge in [-0.25, -0.2) is 4.39 Å². The molecule has 27 heavy (non-hydrogen) atoms. The van der Waals surface area contributed by atoms with Gasteiger partial charge in [0.1, 0.15) is 5.82 Å². The molecule has 0 spiro atoms. The van der Waals surface area contributed by atoms with Gasteiger partial charge in [0.25, 0.3) is 0 Å². The van der Waals surface area contributed by atoms with Crippen molar-refractivity contribution in [2.75, 3.05) is 12.4 Å². The van der Waals surface area contributed by atoms with Gasteiger partial charge in [0.05, 0.1) is 6.20 Å². The zero-order chi connectivity index (χ0) is 19.6. The van der Waals surface area contributed by atoms with Crippen LogP contribution in [-0.2, 0) is 17.9 Å². The summed E-state index contributed by atoms with van der Waals surface area (Å²) in [6.07, 6.45) is 8.67. The molecular formula is C22H30FN3O. The maximum absolute atomic E-state index is 13.0.